The monoisotopic (exact) mass is 267 g/mol. The van der Waals surface area contributed by atoms with E-state index in [9.17, 15) is 0 Å². The summed E-state index contributed by atoms with van der Waals surface area (Å²) in [5.41, 5.74) is 1.21. The number of aromatic nitrogens is 2. The predicted octanol–water partition coefficient (Wildman–Crippen LogP) is 3.53. The van der Waals surface area contributed by atoms with Gasteiger partial charge < -0.3 is 10.1 Å². The molecule has 0 aromatic carbocycles. The summed E-state index contributed by atoms with van der Waals surface area (Å²) in [5.74, 6) is 0.915. The van der Waals surface area contributed by atoms with Crippen molar-refractivity contribution in [3.63, 3.8) is 0 Å². The summed E-state index contributed by atoms with van der Waals surface area (Å²) in [6, 6.07) is 0.351. The van der Waals surface area contributed by atoms with Crippen LogP contribution in [-0.2, 0) is 6.54 Å². The zero-order chi connectivity index (χ0) is 14.1. The lowest BCUT2D eigenvalue weighted by Gasteiger charge is -2.21. The molecule has 0 fully saturated rings. The fourth-order valence-corrected chi connectivity index (χ4v) is 2.34. The molecule has 0 radical (unpaired) electrons. The van der Waals surface area contributed by atoms with Gasteiger partial charge in [0.15, 0.2) is 5.75 Å². The van der Waals surface area contributed by atoms with E-state index >= 15 is 0 Å². The molecule has 1 aromatic heterocycles. The molecule has 0 aliphatic heterocycles. The first-order valence-electron chi connectivity index (χ1n) is 7.61. The quantitative estimate of drug-likeness (QED) is 0.705. The van der Waals surface area contributed by atoms with Gasteiger partial charge in [0.2, 0.25) is 0 Å². The van der Waals surface area contributed by atoms with Gasteiger partial charge in [-0.2, -0.15) is 5.10 Å². The molecule has 1 heterocycles. The Morgan fingerprint density at radius 3 is 2.63 bits per heavy atom. The van der Waals surface area contributed by atoms with E-state index in [-0.39, 0.29) is 0 Å². The molecule has 0 amide bonds. The second-order valence-corrected chi connectivity index (χ2v) is 4.97. The van der Waals surface area contributed by atoms with Crippen LogP contribution in [0.25, 0.3) is 0 Å². The van der Waals surface area contributed by atoms with Gasteiger partial charge in [-0.3, -0.25) is 4.68 Å². The van der Waals surface area contributed by atoms with Crippen LogP contribution in [0.4, 0.5) is 0 Å². The minimum atomic E-state index is 0.351. The van der Waals surface area contributed by atoms with E-state index < -0.39 is 0 Å². The SMILES string of the molecule is CCCCC(NCCC)c1c(OC)cnn1CCC. The van der Waals surface area contributed by atoms with Crippen molar-refractivity contribution in [1.29, 1.82) is 0 Å². The van der Waals surface area contributed by atoms with E-state index in [1.54, 1.807) is 7.11 Å². The third kappa shape index (κ3) is 4.53. The molecule has 1 unspecified atom stereocenters. The van der Waals surface area contributed by atoms with E-state index in [4.69, 9.17) is 4.74 Å². The summed E-state index contributed by atoms with van der Waals surface area (Å²) in [4.78, 5) is 0. The van der Waals surface area contributed by atoms with Crippen LogP contribution in [0.1, 0.15) is 64.6 Å². The third-order valence-electron chi connectivity index (χ3n) is 3.32. The second kappa shape index (κ2) is 8.97. The molecule has 4 heteroatoms. The summed E-state index contributed by atoms with van der Waals surface area (Å²) in [6.07, 6.45) is 7.66. The van der Waals surface area contributed by atoms with Gasteiger partial charge in [0.25, 0.3) is 0 Å². The van der Waals surface area contributed by atoms with Gasteiger partial charge in [-0.1, -0.05) is 33.6 Å². The standard InChI is InChI=1S/C15H29N3O/c1-5-8-9-13(16-10-6-2)15-14(19-4)12-17-18(15)11-7-3/h12-13,16H,5-11H2,1-4H3. The lowest BCUT2D eigenvalue weighted by atomic mass is 10.1. The Labute approximate surface area is 117 Å². The molecule has 1 aromatic rings. The highest BCUT2D eigenvalue weighted by molar-refractivity contribution is 5.28. The number of ether oxygens (including phenoxy) is 1. The molecule has 1 atom stereocenters. The lowest BCUT2D eigenvalue weighted by molar-refractivity contribution is 0.380. The van der Waals surface area contributed by atoms with Crippen molar-refractivity contribution in [2.45, 2.75) is 65.5 Å². The van der Waals surface area contributed by atoms with Gasteiger partial charge in [0.05, 0.1) is 25.0 Å². The average molecular weight is 267 g/mol. The molecule has 110 valence electrons. The van der Waals surface area contributed by atoms with Gasteiger partial charge in [0, 0.05) is 6.54 Å². The second-order valence-electron chi connectivity index (χ2n) is 4.97. The van der Waals surface area contributed by atoms with E-state index in [1.807, 2.05) is 6.20 Å². The van der Waals surface area contributed by atoms with Gasteiger partial charge in [-0.05, 0) is 25.8 Å². The summed E-state index contributed by atoms with van der Waals surface area (Å²) >= 11 is 0. The molecular formula is C15H29N3O. The summed E-state index contributed by atoms with van der Waals surface area (Å²) < 4.78 is 7.59. The Hall–Kier alpha value is -1.03. The molecule has 4 nitrogen and oxygen atoms in total. The molecule has 0 spiro atoms. The van der Waals surface area contributed by atoms with E-state index in [0.29, 0.717) is 6.04 Å². The van der Waals surface area contributed by atoms with Crippen LogP contribution in [0.15, 0.2) is 6.20 Å². The molecule has 1 rings (SSSR count). The Balaban J connectivity index is 2.92. The Kier molecular flexibility index (Phi) is 7.56. The number of rotatable bonds is 10. The van der Waals surface area contributed by atoms with Crippen LogP contribution in [0.2, 0.25) is 0 Å². The fraction of sp³-hybridized carbons (Fsp3) is 0.800. The largest absolute Gasteiger partial charge is 0.493 e. The number of nitrogens with zero attached hydrogens (tertiary/aromatic N) is 2. The first kappa shape index (κ1) is 16.0. The maximum atomic E-state index is 5.49. The van der Waals surface area contributed by atoms with E-state index in [2.05, 4.69) is 35.9 Å². The smallest absolute Gasteiger partial charge is 0.161 e. The van der Waals surface area contributed by atoms with Gasteiger partial charge in [-0.25, -0.2) is 0 Å². The maximum absolute atomic E-state index is 5.49. The van der Waals surface area contributed by atoms with Gasteiger partial charge in [0.1, 0.15) is 0 Å². The Bertz CT molecular complexity index is 341. The number of hydrogen-bond acceptors (Lipinski definition) is 3. The molecule has 1 N–H and O–H groups in total. The van der Waals surface area contributed by atoms with Crippen molar-refractivity contribution < 1.29 is 4.74 Å². The lowest BCUT2D eigenvalue weighted by Crippen LogP contribution is -2.25. The number of hydrogen-bond donors (Lipinski definition) is 1. The first-order chi connectivity index (χ1) is 9.28. The van der Waals surface area contributed by atoms with Gasteiger partial charge in [-0.15, -0.1) is 0 Å². The topological polar surface area (TPSA) is 39.1 Å². The minimum Gasteiger partial charge on any atom is -0.493 e. The van der Waals surface area contributed by atoms with Crippen molar-refractivity contribution in [3.05, 3.63) is 11.9 Å². The Morgan fingerprint density at radius 2 is 2.05 bits per heavy atom. The molecule has 0 aliphatic carbocycles. The summed E-state index contributed by atoms with van der Waals surface area (Å²) in [6.45, 7) is 8.60. The summed E-state index contributed by atoms with van der Waals surface area (Å²) in [7, 11) is 1.73. The molecule has 0 aliphatic rings. The normalized spacial score (nSPS) is 12.6. The highest BCUT2D eigenvalue weighted by atomic mass is 16.5. The van der Waals surface area contributed by atoms with Crippen molar-refractivity contribution in [2.24, 2.45) is 0 Å². The van der Waals surface area contributed by atoms with Crippen molar-refractivity contribution in [3.8, 4) is 5.75 Å². The highest BCUT2D eigenvalue weighted by Crippen LogP contribution is 2.28. The zero-order valence-corrected chi connectivity index (χ0v) is 12.9. The van der Waals surface area contributed by atoms with Gasteiger partial charge >= 0.3 is 0 Å². The number of unbranched alkanes of at least 4 members (excludes halogenated alkanes) is 1. The van der Waals surface area contributed by atoms with Crippen LogP contribution in [0.3, 0.4) is 0 Å². The van der Waals surface area contributed by atoms with Crippen LogP contribution < -0.4 is 10.1 Å². The average Bonchev–Trinajstić information content (AvgIpc) is 2.82. The van der Waals surface area contributed by atoms with Crippen LogP contribution >= 0.6 is 0 Å². The van der Waals surface area contributed by atoms with Crippen molar-refractivity contribution in [2.75, 3.05) is 13.7 Å². The maximum Gasteiger partial charge on any atom is 0.161 e. The molecule has 0 saturated carbocycles. The molecular weight excluding hydrogens is 238 g/mol. The summed E-state index contributed by atoms with van der Waals surface area (Å²) in [5, 5.41) is 8.10. The van der Waals surface area contributed by atoms with Crippen LogP contribution in [-0.4, -0.2) is 23.4 Å². The first-order valence-corrected chi connectivity index (χ1v) is 7.61. The zero-order valence-electron chi connectivity index (χ0n) is 12.9. The van der Waals surface area contributed by atoms with E-state index in [1.165, 1.54) is 18.5 Å². The van der Waals surface area contributed by atoms with Crippen LogP contribution in [0, 0.1) is 0 Å². The number of nitrogens with one attached hydrogen (secondary N) is 1. The fourth-order valence-electron chi connectivity index (χ4n) is 2.34. The van der Waals surface area contributed by atoms with E-state index in [0.717, 1.165) is 38.1 Å². The molecule has 19 heavy (non-hydrogen) atoms. The Morgan fingerprint density at radius 1 is 1.26 bits per heavy atom. The minimum absolute atomic E-state index is 0.351. The highest BCUT2D eigenvalue weighted by Gasteiger charge is 2.20. The molecule has 0 bridgehead atoms. The van der Waals surface area contributed by atoms with Crippen LogP contribution in [0.5, 0.6) is 5.75 Å². The molecule has 0 saturated heterocycles. The third-order valence-corrected chi connectivity index (χ3v) is 3.32. The predicted molar refractivity (Wildman–Crippen MR) is 79.6 cm³/mol. The van der Waals surface area contributed by atoms with Crippen molar-refractivity contribution in [1.82, 2.24) is 15.1 Å². The number of methoxy groups -OCH3 is 1. The number of aryl methyl sites for hydroxylation is 1. The van der Waals surface area contributed by atoms with Crippen molar-refractivity contribution >= 4 is 0 Å².